The van der Waals surface area contributed by atoms with Gasteiger partial charge < -0.3 is 10.2 Å². The Morgan fingerprint density at radius 2 is 1.75 bits per heavy atom. The van der Waals surface area contributed by atoms with Crippen molar-refractivity contribution in [1.29, 1.82) is 0 Å². The number of likely N-dealkylation sites (tertiary alicyclic amines) is 1. The van der Waals surface area contributed by atoms with E-state index in [1.165, 1.54) is 77.3 Å². The van der Waals surface area contributed by atoms with Crippen molar-refractivity contribution >= 4 is 0 Å². The van der Waals surface area contributed by atoms with Crippen LogP contribution in [0, 0.1) is 5.92 Å². The molecule has 1 saturated heterocycles. The predicted molar refractivity (Wildman–Crippen MR) is 88.2 cm³/mol. The number of piperidine rings is 1. The lowest BCUT2D eigenvalue weighted by molar-refractivity contribution is 0.104. The minimum Gasteiger partial charge on any atom is -0.314 e. The fourth-order valence-corrected chi connectivity index (χ4v) is 4.40. The van der Waals surface area contributed by atoms with Gasteiger partial charge in [0, 0.05) is 18.6 Å². The van der Waals surface area contributed by atoms with Crippen LogP contribution >= 0.6 is 0 Å². The maximum atomic E-state index is 3.78. The average Bonchev–Trinajstić information content (AvgIpc) is 2.68. The van der Waals surface area contributed by atoms with E-state index >= 15 is 0 Å². The van der Waals surface area contributed by atoms with Gasteiger partial charge in [0.15, 0.2) is 0 Å². The second kappa shape index (κ2) is 9.04. The molecular formula is C18H36N2. The van der Waals surface area contributed by atoms with E-state index in [1.54, 1.807) is 0 Å². The van der Waals surface area contributed by atoms with Gasteiger partial charge in [0.25, 0.3) is 0 Å². The topological polar surface area (TPSA) is 15.3 Å². The molecule has 3 unspecified atom stereocenters. The highest BCUT2D eigenvalue weighted by Gasteiger charge is 2.28. The Balaban J connectivity index is 1.92. The van der Waals surface area contributed by atoms with Gasteiger partial charge in [0.2, 0.25) is 0 Å². The average molecular weight is 280 g/mol. The number of hydrogen-bond donors (Lipinski definition) is 1. The first-order valence-electron chi connectivity index (χ1n) is 9.32. The summed E-state index contributed by atoms with van der Waals surface area (Å²) >= 11 is 0. The van der Waals surface area contributed by atoms with Crippen molar-refractivity contribution in [2.75, 3.05) is 19.6 Å². The Morgan fingerprint density at radius 1 is 0.950 bits per heavy atom. The third-order valence-electron chi connectivity index (χ3n) is 5.47. The number of nitrogens with zero attached hydrogens (tertiary/aromatic N) is 1. The largest absolute Gasteiger partial charge is 0.314 e. The highest BCUT2D eigenvalue weighted by molar-refractivity contribution is 4.85. The summed E-state index contributed by atoms with van der Waals surface area (Å²) < 4.78 is 0. The van der Waals surface area contributed by atoms with Crippen molar-refractivity contribution in [1.82, 2.24) is 10.2 Å². The molecule has 2 nitrogen and oxygen atoms in total. The molecule has 2 aliphatic rings. The van der Waals surface area contributed by atoms with Gasteiger partial charge in [-0.05, 0) is 51.1 Å². The normalized spacial score (nSPS) is 33.0. The third kappa shape index (κ3) is 4.73. The van der Waals surface area contributed by atoms with Crippen molar-refractivity contribution in [3.63, 3.8) is 0 Å². The first-order chi connectivity index (χ1) is 9.85. The molecule has 1 aliphatic carbocycles. The second-order valence-electron chi connectivity index (χ2n) is 7.00. The molecule has 0 aromatic heterocycles. The van der Waals surface area contributed by atoms with Crippen molar-refractivity contribution in [2.45, 2.75) is 90.1 Å². The van der Waals surface area contributed by atoms with Crippen molar-refractivity contribution in [2.24, 2.45) is 5.92 Å². The number of rotatable bonds is 6. The lowest BCUT2D eigenvalue weighted by atomic mass is 9.91. The molecule has 0 amide bonds. The molecule has 2 fully saturated rings. The van der Waals surface area contributed by atoms with Crippen LogP contribution in [0.3, 0.4) is 0 Å². The fraction of sp³-hybridized carbons (Fsp3) is 1.00. The van der Waals surface area contributed by atoms with E-state index < -0.39 is 0 Å². The molecule has 1 aliphatic heterocycles. The highest BCUT2D eigenvalue weighted by Crippen LogP contribution is 2.28. The van der Waals surface area contributed by atoms with Crippen LogP contribution in [0.15, 0.2) is 0 Å². The standard InChI is InChI=1S/C18H36N2/c1-3-10-17-12-8-9-14-20(17)15-16-11-6-5-7-13-18(16)19-4-2/h16-19H,3-15H2,1-2H3. The Morgan fingerprint density at radius 3 is 2.55 bits per heavy atom. The van der Waals surface area contributed by atoms with Crippen molar-refractivity contribution in [3.8, 4) is 0 Å². The fourth-order valence-electron chi connectivity index (χ4n) is 4.40. The quantitative estimate of drug-likeness (QED) is 0.734. The molecule has 118 valence electrons. The molecule has 0 spiro atoms. The van der Waals surface area contributed by atoms with E-state index in [0.717, 1.165) is 24.5 Å². The zero-order valence-corrected chi connectivity index (χ0v) is 13.9. The molecule has 0 aromatic carbocycles. The zero-order chi connectivity index (χ0) is 14.2. The highest BCUT2D eigenvalue weighted by atomic mass is 15.2. The van der Waals surface area contributed by atoms with Gasteiger partial charge in [-0.1, -0.05) is 46.0 Å². The molecule has 3 atom stereocenters. The van der Waals surface area contributed by atoms with Crippen LogP contribution in [0.25, 0.3) is 0 Å². The second-order valence-corrected chi connectivity index (χ2v) is 7.00. The predicted octanol–water partition coefficient (Wildman–Crippen LogP) is 4.20. The van der Waals surface area contributed by atoms with Crippen LogP contribution in [-0.2, 0) is 0 Å². The van der Waals surface area contributed by atoms with E-state index in [2.05, 4.69) is 24.1 Å². The Kier molecular flexibility index (Phi) is 7.37. The van der Waals surface area contributed by atoms with Crippen LogP contribution < -0.4 is 5.32 Å². The molecule has 1 saturated carbocycles. The molecule has 1 N–H and O–H groups in total. The molecule has 0 radical (unpaired) electrons. The molecular weight excluding hydrogens is 244 g/mol. The van der Waals surface area contributed by atoms with E-state index in [4.69, 9.17) is 0 Å². The number of nitrogens with one attached hydrogen (secondary N) is 1. The van der Waals surface area contributed by atoms with Crippen molar-refractivity contribution in [3.05, 3.63) is 0 Å². The summed E-state index contributed by atoms with van der Waals surface area (Å²) in [6, 6.07) is 1.67. The van der Waals surface area contributed by atoms with E-state index in [1.807, 2.05) is 0 Å². The van der Waals surface area contributed by atoms with Gasteiger partial charge in [-0.3, -0.25) is 0 Å². The molecule has 0 bridgehead atoms. The van der Waals surface area contributed by atoms with Gasteiger partial charge >= 0.3 is 0 Å². The summed E-state index contributed by atoms with van der Waals surface area (Å²) in [6.07, 6.45) is 14.3. The lowest BCUT2D eigenvalue weighted by Crippen LogP contribution is -2.47. The molecule has 20 heavy (non-hydrogen) atoms. The first-order valence-corrected chi connectivity index (χ1v) is 9.32. The Labute approximate surface area is 126 Å². The zero-order valence-electron chi connectivity index (χ0n) is 13.9. The van der Waals surface area contributed by atoms with Gasteiger partial charge in [0.05, 0.1) is 0 Å². The maximum Gasteiger partial charge on any atom is 0.0107 e. The summed E-state index contributed by atoms with van der Waals surface area (Å²) in [5.41, 5.74) is 0. The molecule has 0 aromatic rings. The SMILES string of the molecule is CCCC1CCCCN1CC1CCCCCC1NCC. The molecule has 2 rings (SSSR count). The molecule has 1 heterocycles. The Hall–Kier alpha value is -0.0800. The minimum atomic E-state index is 0.784. The van der Waals surface area contributed by atoms with Crippen molar-refractivity contribution < 1.29 is 0 Å². The van der Waals surface area contributed by atoms with Crippen LogP contribution in [0.1, 0.15) is 78.1 Å². The summed E-state index contributed by atoms with van der Waals surface area (Å²) in [4.78, 5) is 2.85. The van der Waals surface area contributed by atoms with Crippen LogP contribution in [0.2, 0.25) is 0 Å². The number of hydrogen-bond acceptors (Lipinski definition) is 2. The molecule has 2 heteroatoms. The maximum absolute atomic E-state index is 3.78. The van der Waals surface area contributed by atoms with Crippen LogP contribution in [0.5, 0.6) is 0 Å². The van der Waals surface area contributed by atoms with E-state index in [0.29, 0.717) is 0 Å². The smallest absolute Gasteiger partial charge is 0.0107 e. The third-order valence-corrected chi connectivity index (χ3v) is 5.47. The van der Waals surface area contributed by atoms with Gasteiger partial charge in [-0.2, -0.15) is 0 Å². The van der Waals surface area contributed by atoms with Gasteiger partial charge in [-0.25, -0.2) is 0 Å². The van der Waals surface area contributed by atoms with Crippen LogP contribution in [-0.4, -0.2) is 36.6 Å². The summed E-state index contributed by atoms with van der Waals surface area (Å²) in [5, 5.41) is 3.78. The van der Waals surface area contributed by atoms with Gasteiger partial charge in [0.1, 0.15) is 0 Å². The lowest BCUT2D eigenvalue weighted by Gasteiger charge is -2.39. The van der Waals surface area contributed by atoms with E-state index in [-0.39, 0.29) is 0 Å². The Bertz CT molecular complexity index is 252. The van der Waals surface area contributed by atoms with Crippen LogP contribution in [0.4, 0.5) is 0 Å². The van der Waals surface area contributed by atoms with Gasteiger partial charge in [-0.15, -0.1) is 0 Å². The summed E-state index contributed by atoms with van der Waals surface area (Å²) in [5.74, 6) is 0.898. The first kappa shape index (κ1) is 16.3. The monoisotopic (exact) mass is 280 g/mol. The summed E-state index contributed by atoms with van der Waals surface area (Å²) in [7, 11) is 0. The minimum absolute atomic E-state index is 0.784. The van der Waals surface area contributed by atoms with E-state index in [9.17, 15) is 0 Å². The summed E-state index contributed by atoms with van der Waals surface area (Å²) in [6.45, 7) is 8.48.